The molecule has 17 heavy (non-hydrogen) atoms. The molecule has 1 unspecified atom stereocenters. The van der Waals surface area contributed by atoms with Crippen LogP contribution in [0.4, 0.5) is 10.3 Å². The SMILES string of the molecule is CNC(=O)C(C)n1c(N)nc2cc(F)ccc21. The fourth-order valence-electron chi connectivity index (χ4n) is 1.82. The molecule has 0 radical (unpaired) electrons. The summed E-state index contributed by atoms with van der Waals surface area (Å²) in [5.74, 6) is -0.364. The van der Waals surface area contributed by atoms with E-state index in [2.05, 4.69) is 10.3 Å². The highest BCUT2D eigenvalue weighted by atomic mass is 19.1. The molecule has 6 heteroatoms. The van der Waals surface area contributed by atoms with E-state index in [-0.39, 0.29) is 17.7 Å². The number of benzene rings is 1. The lowest BCUT2D eigenvalue weighted by atomic mass is 10.2. The molecule has 1 aromatic heterocycles. The molecule has 0 aliphatic heterocycles. The van der Waals surface area contributed by atoms with Gasteiger partial charge in [-0.15, -0.1) is 0 Å². The minimum Gasteiger partial charge on any atom is -0.369 e. The van der Waals surface area contributed by atoms with Crippen molar-refractivity contribution in [1.29, 1.82) is 0 Å². The summed E-state index contributed by atoms with van der Waals surface area (Å²) in [6.07, 6.45) is 0. The molecule has 1 heterocycles. The fourth-order valence-corrected chi connectivity index (χ4v) is 1.82. The van der Waals surface area contributed by atoms with E-state index in [9.17, 15) is 9.18 Å². The summed E-state index contributed by atoms with van der Waals surface area (Å²) in [5, 5.41) is 2.54. The van der Waals surface area contributed by atoms with Gasteiger partial charge in [-0.1, -0.05) is 0 Å². The molecule has 3 N–H and O–H groups in total. The molecule has 0 aliphatic rings. The summed E-state index contributed by atoms with van der Waals surface area (Å²) >= 11 is 0. The van der Waals surface area contributed by atoms with Crippen molar-refractivity contribution in [3.05, 3.63) is 24.0 Å². The second-order valence-electron chi connectivity index (χ2n) is 3.76. The van der Waals surface area contributed by atoms with Crippen LogP contribution in [0, 0.1) is 5.82 Å². The number of carbonyl (C=O) groups excluding carboxylic acids is 1. The van der Waals surface area contributed by atoms with Crippen LogP contribution in [0.1, 0.15) is 13.0 Å². The molecule has 1 atom stereocenters. The van der Waals surface area contributed by atoms with Crippen LogP contribution in [-0.4, -0.2) is 22.5 Å². The Bertz CT molecular complexity index is 578. The second kappa shape index (κ2) is 4.04. The number of imidazole rings is 1. The number of aromatic nitrogens is 2. The predicted octanol–water partition coefficient (Wildman–Crippen LogP) is 1.06. The number of nitrogen functional groups attached to an aromatic ring is 1. The van der Waals surface area contributed by atoms with Crippen LogP contribution in [-0.2, 0) is 4.79 Å². The predicted molar refractivity (Wildman–Crippen MR) is 62.9 cm³/mol. The van der Waals surface area contributed by atoms with E-state index >= 15 is 0 Å². The highest BCUT2D eigenvalue weighted by molar-refractivity contribution is 5.85. The number of nitrogens with two attached hydrogens (primary N) is 1. The van der Waals surface area contributed by atoms with Gasteiger partial charge in [-0.3, -0.25) is 9.36 Å². The minimum absolute atomic E-state index is 0.180. The number of amides is 1. The number of rotatable bonds is 2. The van der Waals surface area contributed by atoms with Gasteiger partial charge in [-0.2, -0.15) is 0 Å². The number of likely N-dealkylation sites (N-methyl/N-ethyl adjacent to an activating group) is 1. The first-order chi connectivity index (χ1) is 8.04. The highest BCUT2D eigenvalue weighted by Crippen LogP contribution is 2.23. The average molecular weight is 236 g/mol. The number of nitrogens with zero attached hydrogens (tertiary/aromatic N) is 2. The van der Waals surface area contributed by atoms with E-state index in [4.69, 9.17) is 5.73 Å². The van der Waals surface area contributed by atoms with Crippen LogP contribution in [0.25, 0.3) is 11.0 Å². The van der Waals surface area contributed by atoms with Crippen LogP contribution in [0.15, 0.2) is 18.2 Å². The molecule has 0 fully saturated rings. The zero-order chi connectivity index (χ0) is 12.6. The van der Waals surface area contributed by atoms with E-state index in [1.54, 1.807) is 24.6 Å². The van der Waals surface area contributed by atoms with Crippen molar-refractivity contribution < 1.29 is 9.18 Å². The third kappa shape index (κ3) is 1.82. The molecule has 2 rings (SSSR count). The lowest BCUT2D eigenvalue weighted by Crippen LogP contribution is -2.28. The van der Waals surface area contributed by atoms with E-state index < -0.39 is 6.04 Å². The van der Waals surface area contributed by atoms with Crippen molar-refractivity contribution in [3.8, 4) is 0 Å². The first-order valence-electron chi connectivity index (χ1n) is 5.19. The Labute approximate surface area is 97.4 Å². The molecule has 5 nitrogen and oxygen atoms in total. The molecule has 0 spiro atoms. The number of carbonyl (C=O) groups is 1. The van der Waals surface area contributed by atoms with E-state index in [0.29, 0.717) is 11.0 Å². The number of hydrogen-bond acceptors (Lipinski definition) is 3. The fraction of sp³-hybridized carbons (Fsp3) is 0.273. The van der Waals surface area contributed by atoms with Crippen LogP contribution in [0.5, 0.6) is 0 Å². The first-order valence-corrected chi connectivity index (χ1v) is 5.19. The molecular weight excluding hydrogens is 223 g/mol. The van der Waals surface area contributed by atoms with Gasteiger partial charge in [0.05, 0.1) is 11.0 Å². The smallest absolute Gasteiger partial charge is 0.242 e. The summed E-state index contributed by atoms with van der Waals surface area (Å²) in [6, 6.07) is 3.68. The molecule has 0 saturated heterocycles. The topological polar surface area (TPSA) is 72.9 Å². The van der Waals surface area contributed by atoms with E-state index in [1.165, 1.54) is 12.1 Å². The first kappa shape index (κ1) is 11.4. The minimum atomic E-state index is -0.490. The van der Waals surface area contributed by atoms with E-state index in [1.807, 2.05) is 0 Å². The lowest BCUT2D eigenvalue weighted by molar-refractivity contribution is -0.123. The summed E-state index contributed by atoms with van der Waals surface area (Å²) in [4.78, 5) is 15.6. The van der Waals surface area contributed by atoms with Gasteiger partial charge in [-0.05, 0) is 19.1 Å². The Kier molecular flexibility index (Phi) is 2.71. The maximum atomic E-state index is 13.0. The van der Waals surface area contributed by atoms with Crippen LogP contribution < -0.4 is 11.1 Å². The zero-order valence-corrected chi connectivity index (χ0v) is 9.57. The van der Waals surface area contributed by atoms with Crippen molar-refractivity contribution in [1.82, 2.24) is 14.9 Å². The van der Waals surface area contributed by atoms with Crippen molar-refractivity contribution >= 4 is 22.9 Å². The average Bonchev–Trinajstić information content (AvgIpc) is 2.62. The van der Waals surface area contributed by atoms with Crippen molar-refractivity contribution in [3.63, 3.8) is 0 Å². The Hall–Kier alpha value is -2.11. The molecule has 0 saturated carbocycles. The van der Waals surface area contributed by atoms with Gasteiger partial charge in [-0.25, -0.2) is 9.37 Å². The van der Waals surface area contributed by atoms with Gasteiger partial charge < -0.3 is 11.1 Å². The molecule has 0 bridgehead atoms. The second-order valence-corrected chi connectivity index (χ2v) is 3.76. The number of nitrogens with one attached hydrogen (secondary N) is 1. The highest BCUT2D eigenvalue weighted by Gasteiger charge is 2.19. The maximum absolute atomic E-state index is 13.0. The molecule has 1 aromatic carbocycles. The number of fused-ring (bicyclic) bond motifs is 1. The Morgan fingerprint density at radius 3 is 2.94 bits per heavy atom. The Morgan fingerprint density at radius 1 is 1.59 bits per heavy atom. The number of anilines is 1. The third-order valence-electron chi connectivity index (χ3n) is 2.69. The largest absolute Gasteiger partial charge is 0.369 e. The van der Waals surface area contributed by atoms with E-state index in [0.717, 1.165) is 0 Å². The summed E-state index contributed by atoms with van der Waals surface area (Å²) in [7, 11) is 1.55. The Balaban J connectivity index is 2.61. The van der Waals surface area contributed by atoms with Crippen molar-refractivity contribution in [2.45, 2.75) is 13.0 Å². The zero-order valence-electron chi connectivity index (χ0n) is 9.57. The molecule has 90 valence electrons. The monoisotopic (exact) mass is 236 g/mol. The standard InChI is InChI=1S/C11H13FN4O/c1-6(10(17)14-2)16-9-4-3-7(12)5-8(9)15-11(16)13/h3-6H,1-2H3,(H2,13,15)(H,14,17). The van der Waals surface area contributed by atoms with Crippen LogP contribution in [0.3, 0.4) is 0 Å². The van der Waals surface area contributed by atoms with Gasteiger partial charge >= 0.3 is 0 Å². The molecule has 0 aliphatic carbocycles. The van der Waals surface area contributed by atoms with Gasteiger partial charge in [0.25, 0.3) is 0 Å². The Morgan fingerprint density at radius 2 is 2.29 bits per heavy atom. The lowest BCUT2D eigenvalue weighted by Gasteiger charge is -2.14. The quantitative estimate of drug-likeness (QED) is 0.819. The van der Waals surface area contributed by atoms with Gasteiger partial charge in [0.1, 0.15) is 11.9 Å². The van der Waals surface area contributed by atoms with Crippen LogP contribution in [0.2, 0.25) is 0 Å². The summed E-state index contributed by atoms with van der Waals surface area (Å²) in [5.41, 5.74) is 6.83. The van der Waals surface area contributed by atoms with Crippen LogP contribution >= 0.6 is 0 Å². The summed E-state index contributed by atoms with van der Waals surface area (Å²) < 4.78 is 14.6. The third-order valence-corrected chi connectivity index (χ3v) is 2.69. The van der Waals surface area contributed by atoms with Gasteiger partial charge in [0.2, 0.25) is 11.9 Å². The summed E-state index contributed by atoms with van der Waals surface area (Å²) in [6.45, 7) is 1.71. The maximum Gasteiger partial charge on any atom is 0.242 e. The van der Waals surface area contributed by atoms with Gasteiger partial charge in [0, 0.05) is 13.1 Å². The number of halogens is 1. The van der Waals surface area contributed by atoms with Crippen molar-refractivity contribution in [2.75, 3.05) is 12.8 Å². The molecular formula is C11H13FN4O. The van der Waals surface area contributed by atoms with Gasteiger partial charge in [0.15, 0.2) is 0 Å². The van der Waals surface area contributed by atoms with Crippen molar-refractivity contribution in [2.24, 2.45) is 0 Å². The molecule has 1 amide bonds. The molecule has 2 aromatic rings. The number of hydrogen-bond donors (Lipinski definition) is 2. The normalized spacial score (nSPS) is 12.6.